The first-order chi connectivity index (χ1) is 16.3. The molecule has 4 aliphatic rings. The van der Waals surface area contributed by atoms with Crippen LogP contribution in [-0.4, -0.2) is 37.5 Å². The van der Waals surface area contributed by atoms with E-state index in [1.807, 2.05) is 6.92 Å². The molecule has 4 aliphatic carbocycles. The van der Waals surface area contributed by atoms with Crippen LogP contribution in [0, 0.1) is 52.3 Å². The lowest BCUT2D eigenvalue weighted by atomic mass is 9.43. The third kappa shape index (κ3) is 5.04. The molecule has 4 rings (SSSR count). The Balaban J connectivity index is 1.46. The molecule has 11 atom stereocenters. The Morgan fingerprint density at radius 3 is 2.54 bits per heavy atom. The van der Waals surface area contributed by atoms with Crippen LogP contribution in [-0.2, 0) is 20.7 Å². The van der Waals surface area contributed by atoms with Gasteiger partial charge in [-0.2, -0.15) is 12.6 Å². The van der Waals surface area contributed by atoms with Gasteiger partial charge in [-0.3, -0.25) is 9.59 Å². The maximum Gasteiger partial charge on any atom is 0.235 e. The third-order valence-electron chi connectivity index (χ3n) is 11.3. The summed E-state index contributed by atoms with van der Waals surface area (Å²) in [6.45, 7) is 11.6. The number of amides is 1. The second-order valence-corrected chi connectivity index (χ2v) is 15.5. The van der Waals surface area contributed by atoms with Gasteiger partial charge in [0.1, 0.15) is 5.78 Å². The highest BCUT2D eigenvalue weighted by Gasteiger charge is 2.63. The van der Waals surface area contributed by atoms with E-state index in [9.17, 15) is 13.8 Å². The summed E-state index contributed by atoms with van der Waals surface area (Å²) in [5.41, 5.74) is 0.478. The average Bonchev–Trinajstić information content (AvgIpc) is 3.11. The first kappa shape index (κ1) is 27.6. The lowest BCUT2D eigenvalue weighted by Crippen LogP contribution is -2.57. The first-order valence-corrected chi connectivity index (χ1v) is 15.6. The summed E-state index contributed by atoms with van der Waals surface area (Å²) in [5.74, 6) is 3.79. The largest absolute Gasteiger partial charge is 0.354 e. The quantitative estimate of drug-likeness (QED) is 0.302. The normalized spacial score (nSPS) is 44.4. The maximum absolute atomic E-state index is 13.7. The van der Waals surface area contributed by atoms with Gasteiger partial charge in [0.2, 0.25) is 5.91 Å². The van der Waals surface area contributed by atoms with E-state index in [1.165, 1.54) is 32.1 Å². The molecule has 4 fully saturated rings. The van der Waals surface area contributed by atoms with Crippen LogP contribution < -0.4 is 5.32 Å². The summed E-state index contributed by atoms with van der Waals surface area (Å²) in [7, 11) is 0. The molecule has 0 radical (unpaired) electrons. The summed E-state index contributed by atoms with van der Waals surface area (Å²) in [5, 5.41) is 2.78. The Hall–Kier alpha value is -0.400. The Morgan fingerprint density at radius 2 is 1.86 bits per heavy atom. The summed E-state index contributed by atoms with van der Waals surface area (Å²) in [6.07, 6.45) is 9.90. The van der Waals surface area contributed by atoms with E-state index in [0.29, 0.717) is 47.2 Å². The van der Waals surface area contributed by atoms with Gasteiger partial charge in [-0.1, -0.05) is 34.1 Å². The average molecular weight is 526 g/mol. The molecule has 0 aromatic heterocycles. The van der Waals surface area contributed by atoms with Crippen molar-refractivity contribution >= 4 is 35.4 Å². The first-order valence-electron chi connectivity index (χ1n) is 13.9. The number of fused-ring (bicyclic) bond motifs is 5. The number of hydrogen-bond acceptors (Lipinski definition) is 4. The lowest BCUT2D eigenvalue weighted by molar-refractivity contribution is -0.158. The number of carbonyl (C=O) groups is 2. The minimum absolute atomic E-state index is 0.0306. The highest BCUT2D eigenvalue weighted by molar-refractivity contribution is 7.82. The zero-order chi connectivity index (χ0) is 25.8. The van der Waals surface area contributed by atoms with Crippen molar-refractivity contribution < 1.29 is 18.4 Å². The van der Waals surface area contributed by atoms with Gasteiger partial charge in [-0.25, -0.2) is 4.21 Å². The number of hydrogen-bond donors (Lipinski definition) is 3. The van der Waals surface area contributed by atoms with Crippen molar-refractivity contribution in [3.8, 4) is 0 Å². The SMILES string of the molecule is CC1CCC2(C)C(CC(=O)C3C2CCC2(C)C(C(C)CC(C)(S)C(=O)NCCS(=O)O)CCC32)C1. The number of rotatable bonds is 7. The van der Waals surface area contributed by atoms with Crippen LogP contribution in [0.1, 0.15) is 92.4 Å². The van der Waals surface area contributed by atoms with Gasteiger partial charge in [0.15, 0.2) is 11.1 Å². The second-order valence-electron chi connectivity index (χ2n) is 13.5. The van der Waals surface area contributed by atoms with Crippen LogP contribution in [0.25, 0.3) is 0 Å². The molecule has 7 heteroatoms. The number of Topliss-reactive ketones (excluding diaryl/α,β-unsaturated/α-hetero) is 1. The van der Waals surface area contributed by atoms with Crippen LogP contribution in [0.3, 0.4) is 0 Å². The van der Waals surface area contributed by atoms with Gasteiger partial charge < -0.3 is 9.87 Å². The molecule has 4 saturated carbocycles. The number of thiol groups is 1. The van der Waals surface area contributed by atoms with E-state index in [0.717, 1.165) is 25.2 Å². The predicted octanol–water partition coefficient (Wildman–Crippen LogP) is 5.51. The highest BCUT2D eigenvalue weighted by atomic mass is 32.2. The molecule has 200 valence electrons. The summed E-state index contributed by atoms with van der Waals surface area (Å²) >= 11 is 2.82. The molecule has 2 N–H and O–H groups in total. The maximum atomic E-state index is 13.7. The van der Waals surface area contributed by atoms with Crippen molar-refractivity contribution in [1.82, 2.24) is 5.32 Å². The molecule has 1 amide bonds. The molecule has 0 saturated heterocycles. The van der Waals surface area contributed by atoms with Gasteiger partial charge in [0.25, 0.3) is 0 Å². The van der Waals surface area contributed by atoms with Crippen molar-refractivity contribution in [2.75, 3.05) is 12.3 Å². The van der Waals surface area contributed by atoms with Crippen molar-refractivity contribution in [2.24, 2.45) is 52.3 Å². The zero-order valence-electron chi connectivity index (χ0n) is 22.3. The van der Waals surface area contributed by atoms with E-state index in [-0.39, 0.29) is 29.5 Å². The van der Waals surface area contributed by atoms with Crippen LogP contribution in [0.4, 0.5) is 0 Å². The second kappa shape index (κ2) is 10.1. The third-order valence-corrected chi connectivity index (χ3v) is 12.2. The predicted molar refractivity (Wildman–Crippen MR) is 145 cm³/mol. The van der Waals surface area contributed by atoms with Crippen molar-refractivity contribution in [3.63, 3.8) is 0 Å². The Kier molecular flexibility index (Phi) is 7.94. The fourth-order valence-corrected chi connectivity index (χ4v) is 10.1. The molecule has 11 unspecified atom stereocenters. The van der Waals surface area contributed by atoms with Gasteiger partial charge in [-0.05, 0) is 98.2 Å². The Bertz CT molecular complexity index is 862. The smallest absolute Gasteiger partial charge is 0.235 e. The highest BCUT2D eigenvalue weighted by Crippen LogP contribution is 2.68. The van der Waals surface area contributed by atoms with E-state index in [2.05, 4.69) is 33.0 Å². The van der Waals surface area contributed by atoms with Crippen molar-refractivity contribution in [1.29, 1.82) is 0 Å². The molecule has 35 heavy (non-hydrogen) atoms. The summed E-state index contributed by atoms with van der Waals surface area (Å²) in [6, 6.07) is 0. The lowest BCUT2D eigenvalue weighted by Gasteiger charge is -2.60. The standard InChI is InChI=1S/C28H47NO4S2/c1-17-8-10-26(3)19(14-17)15-23(30)24-21-7-6-20(27(21,4)11-9-22(24)26)18(2)16-28(5,34)25(31)29-12-13-35(32)33/h17-22,24,34H,6-16H2,1-5H3,(H,29,31)(H,32,33). The van der Waals surface area contributed by atoms with Gasteiger partial charge in [0.05, 0.1) is 10.5 Å². The molecule has 0 heterocycles. The van der Waals surface area contributed by atoms with Gasteiger partial charge >= 0.3 is 0 Å². The Morgan fingerprint density at radius 1 is 1.20 bits per heavy atom. The minimum Gasteiger partial charge on any atom is -0.354 e. The fourth-order valence-electron chi connectivity index (χ4n) is 9.43. The molecule has 0 aromatic rings. The molecule has 0 bridgehead atoms. The number of ketones is 1. The minimum atomic E-state index is -1.91. The monoisotopic (exact) mass is 525 g/mol. The Labute approximate surface area is 220 Å². The van der Waals surface area contributed by atoms with E-state index in [4.69, 9.17) is 17.2 Å². The molecular weight excluding hydrogens is 478 g/mol. The van der Waals surface area contributed by atoms with Gasteiger partial charge in [-0.15, -0.1) is 0 Å². The van der Waals surface area contributed by atoms with Crippen LogP contribution >= 0.6 is 12.6 Å². The zero-order valence-corrected chi connectivity index (χ0v) is 24.1. The fraction of sp³-hybridized carbons (Fsp3) is 0.929. The van der Waals surface area contributed by atoms with Gasteiger partial charge in [0, 0.05) is 18.9 Å². The number of carbonyl (C=O) groups excluding carboxylic acids is 2. The van der Waals surface area contributed by atoms with E-state index < -0.39 is 15.8 Å². The summed E-state index contributed by atoms with van der Waals surface area (Å²) < 4.78 is 19.0. The van der Waals surface area contributed by atoms with Crippen LogP contribution in [0.5, 0.6) is 0 Å². The molecule has 0 spiro atoms. The van der Waals surface area contributed by atoms with Crippen molar-refractivity contribution in [3.05, 3.63) is 0 Å². The van der Waals surface area contributed by atoms with Crippen molar-refractivity contribution in [2.45, 2.75) is 97.2 Å². The number of nitrogens with one attached hydrogen (secondary N) is 1. The molecule has 0 aliphatic heterocycles. The molecular formula is C28H47NO4S2. The van der Waals surface area contributed by atoms with Crippen LogP contribution in [0.2, 0.25) is 0 Å². The molecule has 5 nitrogen and oxygen atoms in total. The van der Waals surface area contributed by atoms with Crippen LogP contribution in [0.15, 0.2) is 0 Å². The van der Waals surface area contributed by atoms with E-state index in [1.54, 1.807) is 0 Å². The topological polar surface area (TPSA) is 83.5 Å². The summed E-state index contributed by atoms with van der Waals surface area (Å²) in [4.78, 5) is 26.4. The molecule has 0 aromatic carbocycles. The van der Waals surface area contributed by atoms with E-state index >= 15 is 0 Å².